The molecule has 0 saturated carbocycles. The molecule has 0 aromatic carbocycles. The molecule has 1 nitrogen and oxygen atoms in total. The SMILES string of the molecule is CCc1ccc(CC(C)C)o1. The standard InChI is InChI=1S/C10H16O/c1-4-9-5-6-10(11-9)7-8(2)3/h5-6,8H,4,7H2,1-3H3. The van der Waals surface area contributed by atoms with Gasteiger partial charge in [-0.3, -0.25) is 0 Å². The summed E-state index contributed by atoms with van der Waals surface area (Å²) in [5, 5.41) is 0. The molecule has 0 N–H and O–H groups in total. The zero-order valence-electron chi connectivity index (χ0n) is 7.55. The van der Waals surface area contributed by atoms with Crippen LogP contribution in [-0.4, -0.2) is 0 Å². The maximum absolute atomic E-state index is 5.54. The molecule has 0 spiro atoms. The summed E-state index contributed by atoms with van der Waals surface area (Å²) in [6.45, 7) is 6.51. The molecule has 62 valence electrons. The van der Waals surface area contributed by atoms with Crippen molar-refractivity contribution in [1.29, 1.82) is 0 Å². The first-order chi connectivity index (χ1) is 5.22. The summed E-state index contributed by atoms with van der Waals surface area (Å²) in [6.07, 6.45) is 2.05. The lowest BCUT2D eigenvalue weighted by molar-refractivity contribution is 0.443. The van der Waals surface area contributed by atoms with Crippen molar-refractivity contribution in [1.82, 2.24) is 0 Å². The van der Waals surface area contributed by atoms with Crippen molar-refractivity contribution in [3.05, 3.63) is 23.7 Å². The Balaban J connectivity index is 2.58. The van der Waals surface area contributed by atoms with E-state index >= 15 is 0 Å². The molecule has 0 aliphatic carbocycles. The molecule has 0 aliphatic rings. The van der Waals surface area contributed by atoms with E-state index in [1.807, 2.05) is 0 Å². The first-order valence-corrected chi connectivity index (χ1v) is 4.30. The number of aryl methyl sites for hydroxylation is 1. The maximum Gasteiger partial charge on any atom is 0.104 e. The lowest BCUT2D eigenvalue weighted by Gasteiger charge is -1.99. The summed E-state index contributed by atoms with van der Waals surface area (Å²) < 4.78 is 5.54. The average molecular weight is 152 g/mol. The van der Waals surface area contributed by atoms with Gasteiger partial charge in [-0.15, -0.1) is 0 Å². The molecule has 0 saturated heterocycles. The third kappa shape index (κ3) is 2.41. The van der Waals surface area contributed by atoms with Crippen molar-refractivity contribution in [2.24, 2.45) is 5.92 Å². The Kier molecular flexibility index (Phi) is 2.75. The molecule has 1 aromatic rings. The second kappa shape index (κ2) is 3.61. The Hall–Kier alpha value is -0.720. The Labute approximate surface area is 68.4 Å². The molecule has 0 bridgehead atoms. The van der Waals surface area contributed by atoms with Crippen LogP contribution in [0.3, 0.4) is 0 Å². The zero-order valence-corrected chi connectivity index (χ0v) is 7.55. The average Bonchev–Trinajstić information content (AvgIpc) is 2.34. The van der Waals surface area contributed by atoms with Gasteiger partial charge in [-0.05, 0) is 18.1 Å². The predicted octanol–water partition coefficient (Wildman–Crippen LogP) is 3.04. The molecule has 0 amide bonds. The molecule has 1 heteroatoms. The maximum atomic E-state index is 5.54. The van der Waals surface area contributed by atoms with Gasteiger partial charge in [0.25, 0.3) is 0 Å². The van der Waals surface area contributed by atoms with Crippen LogP contribution in [0.15, 0.2) is 16.5 Å². The van der Waals surface area contributed by atoms with Gasteiger partial charge >= 0.3 is 0 Å². The predicted molar refractivity (Wildman–Crippen MR) is 46.6 cm³/mol. The lowest BCUT2D eigenvalue weighted by atomic mass is 10.1. The molecule has 0 aliphatic heterocycles. The van der Waals surface area contributed by atoms with Crippen LogP contribution in [0, 0.1) is 5.92 Å². The molecule has 0 unspecified atom stereocenters. The lowest BCUT2D eigenvalue weighted by Crippen LogP contribution is -1.90. The van der Waals surface area contributed by atoms with Gasteiger partial charge in [0.1, 0.15) is 11.5 Å². The van der Waals surface area contributed by atoms with Crippen LogP contribution in [0.2, 0.25) is 0 Å². The summed E-state index contributed by atoms with van der Waals surface area (Å²) in [4.78, 5) is 0. The van der Waals surface area contributed by atoms with Crippen LogP contribution in [-0.2, 0) is 12.8 Å². The van der Waals surface area contributed by atoms with E-state index in [1.54, 1.807) is 0 Å². The van der Waals surface area contributed by atoms with Crippen LogP contribution < -0.4 is 0 Å². The van der Waals surface area contributed by atoms with Crippen molar-refractivity contribution in [3.63, 3.8) is 0 Å². The fraction of sp³-hybridized carbons (Fsp3) is 0.600. The van der Waals surface area contributed by atoms with Crippen LogP contribution in [0.1, 0.15) is 32.3 Å². The molecule has 1 aromatic heterocycles. The Morgan fingerprint density at radius 2 is 1.91 bits per heavy atom. The van der Waals surface area contributed by atoms with E-state index in [-0.39, 0.29) is 0 Å². The minimum atomic E-state index is 0.686. The van der Waals surface area contributed by atoms with Crippen molar-refractivity contribution in [2.75, 3.05) is 0 Å². The van der Waals surface area contributed by atoms with E-state index in [4.69, 9.17) is 4.42 Å². The minimum Gasteiger partial charge on any atom is -0.466 e. The van der Waals surface area contributed by atoms with Crippen molar-refractivity contribution >= 4 is 0 Å². The molecule has 0 atom stereocenters. The normalized spacial score (nSPS) is 10.9. The van der Waals surface area contributed by atoms with Gasteiger partial charge in [0.2, 0.25) is 0 Å². The highest BCUT2D eigenvalue weighted by Gasteiger charge is 2.01. The Morgan fingerprint density at radius 1 is 1.27 bits per heavy atom. The summed E-state index contributed by atoms with van der Waals surface area (Å²) in [5.41, 5.74) is 0. The van der Waals surface area contributed by atoms with Crippen molar-refractivity contribution in [3.8, 4) is 0 Å². The monoisotopic (exact) mass is 152 g/mol. The highest BCUT2D eigenvalue weighted by atomic mass is 16.3. The van der Waals surface area contributed by atoms with Crippen LogP contribution >= 0.6 is 0 Å². The van der Waals surface area contributed by atoms with Gasteiger partial charge in [-0.1, -0.05) is 20.8 Å². The van der Waals surface area contributed by atoms with Crippen LogP contribution in [0.25, 0.3) is 0 Å². The number of furan rings is 1. The number of rotatable bonds is 3. The molecular formula is C10H16O. The smallest absolute Gasteiger partial charge is 0.104 e. The first kappa shape index (κ1) is 8.38. The van der Waals surface area contributed by atoms with Crippen LogP contribution in [0.4, 0.5) is 0 Å². The van der Waals surface area contributed by atoms with Crippen molar-refractivity contribution in [2.45, 2.75) is 33.6 Å². The minimum absolute atomic E-state index is 0.686. The van der Waals surface area contributed by atoms with Gasteiger partial charge in [0.05, 0.1) is 0 Å². The largest absolute Gasteiger partial charge is 0.466 e. The van der Waals surface area contributed by atoms with E-state index in [9.17, 15) is 0 Å². The molecule has 11 heavy (non-hydrogen) atoms. The quantitative estimate of drug-likeness (QED) is 0.648. The summed E-state index contributed by atoms with van der Waals surface area (Å²) in [5.74, 6) is 2.91. The third-order valence-electron chi connectivity index (χ3n) is 1.68. The van der Waals surface area contributed by atoms with Gasteiger partial charge in [0, 0.05) is 12.8 Å². The first-order valence-electron chi connectivity index (χ1n) is 4.30. The second-order valence-electron chi connectivity index (χ2n) is 3.32. The zero-order chi connectivity index (χ0) is 8.27. The highest BCUT2D eigenvalue weighted by Crippen LogP contribution is 2.12. The molecule has 1 rings (SSSR count). The second-order valence-corrected chi connectivity index (χ2v) is 3.32. The van der Waals surface area contributed by atoms with Gasteiger partial charge in [0.15, 0.2) is 0 Å². The van der Waals surface area contributed by atoms with Gasteiger partial charge in [-0.25, -0.2) is 0 Å². The Bertz CT molecular complexity index is 210. The van der Waals surface area contributed by atoms with Crippen molar-refractivity contribution < 1.29 is 4.42 Å². The third-order valence-corrected chi connectivity index (χ3v) is 1.68. The molecular weight excluding hydrogens is 136 g/mol. The number of hydrogen-bond donors (Lipinski definition) is 0. The highest BCUT2D eigenvalue weighted by molar-refractivity contribution is 5.07. The van der Waals surface area contributed by atoms with E-state index in [0.717, 1.165) is 24.4 Å². The molecule has 1 heterocycles. The topological polar surface area (TPSA) is 13.1 Å². The van der Waals surface area contributed by atoms with E-state index in [1.165, 1.54) is 0 Å². The molecule has 0 fully saturated rings. The van der Waals surface area contributed by atoms with Crippen LogP contribution in [0.5, 0.6) is 0 Å². The molecule has 0 radical (unpaired) electrons. The summed E-state index contributed by atoms with van der Waals surface area (Å²) in [6, 6.07) is 4.15. The van der Waals surface area contributed by atoms with E-state index in [2.05, 4.69) is 32.9 Å². The van der Waals surface area contributed by atoms with Gasteiger partial charge < -0.3 is 4.42 Å². The number of hydrogen-bond acceptors (Lipinski definition) is 1. The van der Waals surface area contributed by atoms with Gasteiger partial charge in [-0.2, -0.15) is 0 Å². The fourth-order valence-corrected chi connectivity index (χ4v) is 1.12. The van der Waals surface area contributed by atoms with E-state index < -0.39 is 0 Å². The van der Waals surface area contributed by atoms with E-state index in [0.29, 0.717) is 5.92 Å². The summed E-state index contributed by atoms with van der Waals surface area (Å²) >= 11 is 0. The fourth-order valence-electron chi connectivity index (χ4n) is 1.12. The Morgan fingerprint density at radius 3 is 2.36 bits per heavy atom. The summed E-state index contributed by atoms with van der Waals surface area (Å²) in [7, 11) is 0.